The topological polar surface area (TPSA) is 95.6 Å². The van der Waals surface area contributed by atoms with Crippen molar-refractivity contribution in [3.8, 4) is 6.07 Å². The fraction of sp³-hybridized carbons (Fsp3) is 0.0833. The molecule has 2 rings (SSSR count). The van der Waals surface area contributed by atoms with Crippen LogP contribution in [-0.4, -0.2) is 9.97 Å². The van der Waals surface area contributed by atoms with Crippen molar-refractivity contribution >= 4 is 17.6 Å². The van der Waals surface area contributed by atoms with Crippen LogP contribution in [-0.2, 0) is 0 Å². The molecule has 0 saturated carbocycles. The first kappa shape index (κ1) is 12.2. The van der Waals surface area contributed by atoms with Gasteiger partial charge < -0.3 is 10.7 Å². The number of hydrogen-bond acceptors (Lipinski definition) is 5. The highest BCUT2D eigenvalue weighted by molar-refractivity contribution is 7.99. The van der Waals surface area contributed by atoms with Gasteiger partial charge in [-0.25, -0.2) is 4.98 Å². The quantitative estimate of drug-likeness (QED) is 0.799. The Bertz CT molecular complexity index is 687. The van der Waals surface area contributed by atoms with Gasteiger partial charge in [-0.05, 0) is 18.6 Å². The van der Waals surface area contributed by atoms with Crippen LogP contribution in [0.2, 0.25) is 0 Å². The molecule has 3 N–H and O–H groups in total. The summed E-state index contributed by atoms with van der Waals surface area (Å²) in [7, 11) is 0. The maximum atomic E-state index is 11.3. The number of nitrogens with zero attached hydrogens (tertiary/aromatic N) is 2. The summed E-state index contributed by atoms with van der Waals surface area (Å²) < 4.78 is 0. The van der Waals surface area contributed by atoms with Gasteiger partial charge in [0.2, 0.25) is 0 Å². The molecule has 0 aliphatic carbocycles. The zero-order chi connectivity index (χ0) is 13.1. The summed E-state index contributed by atoms with van der Waals surface area (Å²) >= 11 is 1.22. The molecule has 1 aromatic carbocycles. The summed E-state index contributed by atoms with van der Waals surface area (Å²) in [6, 6.07) is 8.76. The maximum absolute atomic E-state index is 11.3. The lowest BCUT2D eigenvalue weighted by molar-refractivity contribution is 0.944. The normalized spacial score (nSPS) is 10.0. The number of H-pyrrole nitrogens is 1. The van der Waals surface area contributed by atoms with Crippen molar-refractivity contribution in [3.63, 3.8) is 0 Å². The Balaban J connectivity index is 2.46. The molecule has 2 aromatic rings. The molecule has 0 aliphatic heterocycles. The minimum absolute atomic E-state index is 0.161. The monoisotopic (exact) mass is 258 g/mol. The SMILES string of the molecule is Cc1cccc(C#N)c1Sc1nc(N)cc(=O)[nH]1. The number of nitrogens with two attached hydrogens (primary N) is 1. The lowest BCUT2D eigenvalue weighted by Crippen LogP contribution is -2.09. The largest absolute Gasteiger partial charge is 0.383 e. The van der Waals surface area contributed by atoms with Gasteiger partial charge in [-0.3, -0.25) is 4.79 Å². The van der Waals surface area contributed by atoms with Crippen LogP contribution in [0.25, 0.3) is 0 Å². The Morgan fingerprint density at radius 3 is 2.94 bits per heavy atom. The van der Waals surface area contributed by atoms with Crippen LogP contribution in [0, 0.1) is 18.3 Å². The Morgan fingerprint density at radius 1 is 1.50 bits per heavy atom. The van der Waals surface area contributed by atoms with Gasteiger partial charge in [-0.1, -0.05) is 23.9 Å². The van der Waals surface area contributed by atoms with E-state index in [0.29, 0.717) is 10.7 Å². The van der Waals surface area contributed by atoms with E-state index in [1.165, 1.54) is 17.8 Å². The number of nitrogen functional groups attached to an aromatic ring is 1. The van der Waals surface area contributed by atoms with Crippen LogP contribution in [0.3, 0.4) is 0 Å². The molecule has 1 heterocycles. The summed E-state index contributed by atoms with van der Waals surface area (Å²) in [4.78, 5) is 18.7. The summed E-state index contributed by atoms with van der Waals surface area (Å²) in [5.74, 6) is 0.161. The molecule has 0 spiro atoms. The van der Waals surface area contributed by atoms with E-state index in [1.54, 1.807) is 6.07 Å². The molecule has 5 nitrogen and oxygen atoms in total. The van der Waals surface area contributed by atoms with Crippen LogP contribution in [0.1, 0.15) is 11.1 Å². The van der Waals surface area contributed by atoms with Gasteiger partial charge in [0.05, 0.1) is 5.56 Å². The van der Waals surface area contributed by atoms with Gasteiger partial charge in [-0.2, -0.15) is 5.26 Å². The molecular weight excluding hydrogens is 248 g/mol. The number of anilines is 1. The molecule has 0 unspecified atom stereocenters. The number of hydrogen-bond donors (Lipinski definition) is 2. The van der Waals surface area contributed by atoms with E-state index in [-0.39, 0.29) is 11.4 Å². The van der Waals surface area contributed by atoms with Gasteiger partial charge in [0.15, 0.2) is 5.16 Å². The molecule has 0 bridgehead atoms. The fourth-order valence-electron chi connectivity index (χ4n) is 1.47. The van der Waals surface area contributed by atoms with E-state index >= 15 is 0 Å². The van der Waals surface area contributed by atoms with Crippen molar-refractivity contribution in [2.45, 2.75) is 17.0 Å². The summed E-state index contributed by atoms with van der Waals surface area (Å²) in [5, 5.41) is 9.43. The van der Waals surface area contributed by atoms with Gasteiger partial charge in [0, 0.05) is 11.0 Å². The second-order valence-electron chi connectivity index (χ2n) is 3.64. The maximum Gasteiger partial charge on any atom is 0.253 e. The summed E-state index contributed by atoms with van der Waals surface area (Å²) in [6.45, 7) is 1.90. The van der Waals surface area contributed by atoms with E-state index in [2.05, 4.69) is 16.0 Å². The van der Waals surface area contributed by atoms with Crippen molar-refractivity contribution < 1.29 is 0 Å². The third-order valence-corrected chi connectivity index (χ3v) is 3.40. The van der Waals surface area contributed by atoms with Crippen LogP contribution in [0.15, 0.2) is 39.1 Å². The number of nitrogens with one attached hydrogen (secondary N) is 1. The highest BCUT2D eigenvalue weighted by Crippen LogP contribution is 2.30. The minimum Gasteiger partial charge on any atom is -0.383 e. The Labute approximate surface area is 108 Å². The standard InChI is InChI=1S/C12H10N4OS/c1-7-3-2-4-8(6-13)11(7)18-12-15-9(14)5-10(17)16-12/h2-5H,1H3,(H3,14,15,16,17). The molecule has 18 heavy (non-hydrogen) atoms. The zero-order valence-electron chi connectivity index (χ0n) is 9.60. The van der Waals surface area contributed by atoms with Crippen LogP contribution >= 0.6 is 11.8 Å². The Morgan fingerprint density at radius 2 is 2.28 bits per heavy atom. The van der Waals surface area contributed by atoms with E-state index in [0.717, 1.165) is 10.5 Å². The Hall–Kier alpha value is -2.26. The molecule has 1 aromatic heterocycles. The van der Waals surface area contributed by atoms with E-state index < -0.39 is 0 Å². The number of benzene rings is 1. The second kappa shape index (κ2) is 4.94. The van der Waals surface area contributed by atoms with Gasteiger partial charge >= 0.3 is 0 Å². The van der Waals surface area contributed by atoms with E-state index in [4.69, 9.17) is 11.0 Å². The number of nitriles is 1. The second-order valence-corrected chi connectivity index (χ2v) is 4.64. The number of aryl methyl sites for hydroxylation is 1. The third kappa shape index (κ3) is 2.52. The minimum atomic E-state index is -0.308. The fourth-order valence-corrected chi connectivity index (χ4v) is 2.42. The predicted molar refractivity (Wildman–Crippen MR) is 69.3 cm³/mol. The number of rotatable bonds is 2. The van der Waals surface area contributed by atoms with Crippen LogP contribution in [0.5, 0.6) is 0 Å². The average Bonchev–Trinajstić information content (AvgIpc) is 2.30. The Kier molecular flexibility index (Phi) is 3.35. The molecular formula is C12H10N4OS. The first-order valence-corrected chi connectivity index (χ1v) is 5.96. The third-order valence-electron chi connectivity index (χ3n) is 2.27. The highest BCUT2D eigenvalue weighted by Gasteiger charge is 2.09. The highest BCUT2D eigenvalue weighted by atomic mass is 32.2. The predicted octanol–water partition coefficient (Wildman–Crippen LogP) is 1.68. The van der Waals surface area contributed by atoms with Crippen molar-refractivity contribution in [1.82, 2.24) is 9.97 Å². The summed E-state index contributed by atoms with van der Waals surface area (Å²) in [6.07, 6.45) is 0. The van der Waals surface area contributed by atoms with Crippen molar-refractivity contribution in [2.75, 3.05) is 5.73 Å². The lowest BCUT2D eigenvalue weighted by atomic mass is 10.1. The van der Waals surface area contributed by atoms with E-state index in [1.807, 2.05) is 19.1 Å². The molecule has 6 heteroatoms. The molecule has 0 amide bonds. The molecule has 0 radical (unpaired) electrons. The van der Waals surface area contributed by atoms with Gasteiger partial charge in [0.1, 0.15) is 11.9 Å². The van der Waals surface area contributed by atoms with Gasteiger partial charge in [0.25, 0.3) is 5.56 Å². The van der Waals surface area contributed by atoms with Crippen LogP contribution < -0.4 is 11.3 Å². The molecule has 0 atom stereocenters. The van der Waals surface area contributed by atoms with E-state index in [9.17, 15) is 4.79 Å². The number of aromatic nitrogens is 2. The van der Waals surface area contributed by atoms with Crippen molar-refractivity contribution in [2.24, 2.45) is 0 Å². The van der Waals surface area contributed by atoms with Crippen molar-refractivity contribution in [3.05, 3.63) is 45.7 Å². The molecule has 0 saturated heterocycles. The summed E-state index contributed by atoms with van der Waals surface area (Å²) in [5.41, 5.74) is 6.70. The molecule has 90 valence electrons. The molecule has 0 aliphatic rings. The van der Waals surface area contributed by atoms with Crippen LogP contribution in [0.4, 0.5) is 5.82 Å². The average molecular weight is 258 g/mol. The van der Waals surface area contributed by atoms with Crippen molar-refractivity contribution in [1.29, 1.82) is 5.26 Å². The lowest BCUT2D eigenvalue weighted by Gasteiger charge is -2.06. The van der Waals surface area contributed by atoms with Gasteiger partial charge in [-0.15, -0.1) is 0 Å². The smallest absolute Gasteiger partial charge is 0.253 e. The first-order valence-electron chi connectivity index (χ1n) is 5.14. The zero-order valence-corrected chi connectivity index (χ0v) is 10.4. The first-order chi connectivity index (χ1) is 8.60. The number of aromatic amines is 1. The molecule has 0 fully saturated rings.